The summed E-state index contributed by atoms with van der Waals surface area (Å²) in [5.74, 6) is 6.49. The number of hydrazine groups is 1. The number of methoxy groups -OCH3 is 1. The lowest BCUT2D eigenvalue weighted by Gasteiger charge is -2.22. The van der Waals surface area contributed by atoms with Gasteiger partial charge in [-0.2, -0.15) is 0 Å². The minimum atomic E-state index is 0.171. The molecule has 0 saturated carbocycles. The predicted octanol–water partition coefficient (Wildman–Crippen LogP) is 1.25. The van der Waals surface area contributed by atoms with Gasteiger partial charge in [0, 0.05) is 6.61 Å². The van der Waals surface area contributed by atoms with Crippen LogP contribution < -0.4 is 16.0 Å². The first-order valence-corrected chi connectivity index (χ1v) is 6.04. The van der Waals surface area contributed by atoms with E-state index in [1.165, 1.54) is 5.56 Å². The summed E-state index contributed by atoms with van der Waals surface area (Å²) in [7, 11) is 1.68. The van der Waals surface area contributed by atoms with Gasteiger partial charge in [-0.25, -0.2) is 0 Å². The average molecular weight is 236 g/mol. The largest absolute Gasteiger partial charge is 0.497 e. The van der Waals surface area contributed by atoms with Crippen molar-refractivity contribution in [2.75, 3.05) is 13.7 Å². The summed E-state index contributed by atoms with van der Waals surface area (Å²) < 4.78 is 10.9. The molecular weight excluding hydrogens is 216 g/mol. The van der Waals surface area contributed by atoms with Gasteiger partial charge >= 0.3 is 0 Å². The molecule has 1 aromatic carbocycles. The molecule has 4 nitrogen and oxygen atoms in total. The molecule has 0 aliphatic carbocycles. The molecule has 3 N–H and O–H groups in total. The molecule has 0 aromatic heterocycles. The normalized spacial score (nSPS) is 21.4. The molecule has 1 heterocycles. The van der Waals surface area contributed by atoms with Crippen molar-refractivity contribution in [3.63, 3.8) is 0 Å². The fourth-order valence-corrected chi connectivity index (χ4v) is 2.27. The Morgan fingerprint density at radius 2 is 2.47 bits per heavy atom. The lowest BCUT2D eigenvalue weighted by atomic mass is 10.00. The standard InChI is InChI=1S/C13H20N2O2/c1-16-11-5-2-4-10(8-11)9-12(15-14)13-6-3-7-17-13/h2,4-5,8,12-13,15H,3,6-7,9,14H2,1H3. The van der Waals surface area contributed by atoms with E-state index in [0.29, 0.717) is 0 Å². The van der Waals surface area contributed by atoms with E-state index in [1.54, 1.807) is 7.11 Å². The van der Waals surface area contributed by atoms with Gasteiger partial charge in [0.05, 0.1) is 19.3 Å². The van der Waals surface area contributed by atoms with Gasteiger partial charge < -0.3 is 9.47 Å². The van der Waals surface area contributed by atoms with Crippen molar-refractivity contribution >= 4 is 0 Å². The molecule has 2 rings (SSSR count). The summed E-state index contributed by atoms with van der Waals surface area (Å²) in [6, 6.07) is 8.24. The molecule has 1 aromatic rings. The fraction of sp³-hybridized carbons (Fsp3) is 0.538. The van der Waals surface area contributed by atoms with E-state index in [2.05, 4.69) is 11.5 Å². The molecule has 1 fully saturated rings. The highest BCUT2D eigenvalue weighted by Gasteiger charge is 2.25. The number of nitrogens with two attached hydrogens (primary N) is 1. The molecular formula is C13H20N2O2. The van der Waals surface area contributed by atoms with Crippen LogP contribution in [-0.4, -0.2) is 25.9 Å². The number of rotatable bonds is 5. The Labute approximate surface area is 102 Å². The van der Waals surface area contributed by atoms with Crippen LogP contribution in [0.3, 0.4) is 0 Å². The maximum Gasteiger partial charge on any atom is 0.119 e. The Bertz CT molecular complexity index is 351. The van der Waals surface area contributed by atoms with Gasteiger partial charge in [0.2, 0.25) is 0 Å². The van der Waals surface area contributed by atoms with Crippen LogP contribution in [0.15, 0.2) is 24.3 Å². The second-order valence-corrected chi connectivity index (χ2v) is 4.38. The van der Waals surface area contributed by atoms with E-state index in [1.807, 2.05) is 18.2 Å². The Hall–Kier alpha value is -1.10. The quantitative estimate of drug-likeness (QED) is 0.597. The van der Waals surface area contributed by atoms with Gasteiger partial charge in [-0.1, -0.05) is 12.1 Å². The van der Waals surface area contributed by atoms with E-state index in [-0.39, 0.29) is 12.1 Å². The van der Waals surface area contributed by atoms with Gasteiger partial charge in [0.15, 0.2) is 0 Å². The van der Waals surface area contributed by atoms with Crippen molar-refractivity contribution in [3.8, 4) is 5.75 Å². The number of hydrogen-bond donors (Lipinski definition) is 2. The molecule has 1 saturated heterocycles. The first-order chi connectivity index (χ1) is 8.33. The van der Waals surface area contributed by atoms with Crippen LogP contribution in [0.1, 0.15) is 18.4 Å². The third-order valence-electron chi connectivity index (χ3n) is 3.22. The Morgan fingerprint density at radius 3 is 3.12 bits per heavy atom. The highest BCUT2D eigenvalue weighted by Crippen LogP contribution is 2.20. The van der Waals surface area contributed by atoms with Crippen molar-refractivity contribution in [3.05, 3.63) is 29.8 Å². The van der Waals surface area contributed by atoms with Crippen LogP contribution in [0.25, 0.3) is 0 Å². The third-order valence-corrected chi connectivity index (χ3v) is 3.22. The van der Waals surface area contributed by atoms with Gasteiger partial charge in [-0.3, -0.25) is 11.3 Å². The lowest BCUT2D eigenvalue weighted by molar-refractivity contribution is 0.0784. The van der Waals surface area contributed by atoms with E-state index >= 15 is 0 Å². The molecule has 0 bridgehead atoms. The Morgan fingerprint density at radius 1 is 1.59 bits per heavy atom. The molecule has 2 atom stereocenters. The van der Waals surface area contributed by atoms with E-state index in [4.69, 9.17) is 15.3 Å². The molecule has 0 spiro atoms. The number of benzene rings is 1. The van der Waals surface area contributed by atoms with Crippen LogP contribution in [0.5, 0.6) is 5.75 Å². The first-order valence-electron chi connectivity index (χ1n) is 6.04. The second-order valence-electron chi connectivity index (χ2n) is 4.38. The summed E-state index contributed by atoms with van der Waals surface area (Å²) in [6.45, 7) is 0.848. The van der Waals surface area contributed by atoms with Gasteiger partial charge in [-0.15, -0.1) is 0 Å². The van der Waals surface area contributed by atoms with E-state index in [0.717, 1.165) is 31.6 Å². The van der Waals surface area contributed by atoms with Crippen molar-refractivity contribution in [2.45, 2.75) is 31.4 Å². The van der Waals surface area contributed by atoms with Crippen LogP contribution in [-0.2, 0) is 11.2 Å². The Kier molecular flexibility index (Phi) is 4.36. The van der Waals surface area contributed by atoms with Gasteiger partial charge in [0.25, 0.3) is 0 Å². The van der Waals surface area contributed by atoms with Crippen LogP contribution in [0, 0.1) is 0 Å². The molecule has 2 unspecified atom stereocenters. The summed E-state index contributed by atoms with van der Waals surface area (Å²) in [5.41, 5.74) is 4.08. The molecule has 0 amide bonds. The summed E-state index contributed by atoms with van der Waals surface area (Å²) in [4.78, 5) is 0. The molecule has 17 heavy (non-hydrogen) atoms. The molecule has 1 aliphatic rings. The molecule has 0 radical (unpaired) electrons. The van der Waals surface area contributed by atoms with Gasteiger partial charge in [0.1, 0.15) is 5.75 Å². The van der Waals surface area contributed by atoms with E-state index < -0.39 is 0 Å². The summed E-state index contributed by atoms with van der Waals surface area (Å²) in [6.07, 6.45) is 3.30. The van der Waals surface area contributed by atoms with Crippen molar-refractivity contribution in [1.29, 1.82) is 0 Å². The predicted molar refractivity (Wildman–Crippen MR) is 66.8 cm³/mol. The Balaban J connectivity index is 2.01. The third kappa shape index (κ3) is 3.19. The van der Waals surface area contributed by atoms with Crippen molar-refractivity contribution < 1.29 is 9.47 Å². The number of ether oxygens (including phenoxy) is 2. The highest BCUT2D eigenvalue weighted by atomic mass is 16.5. The minimum absolute atomic E-state index is 0.171. The van der Waals surface area contributed by atoms with Crippen LogP contribution in [0.2, 0.25) is 0 Å². The zero-order chi connectivity index (χ0) is 12.1. The molecule has 1 aliphatic heterocycles. The zero-order valence-electron chi connectivity index (χ0n) is 10.2. The fourth-order valence-electron chi connectivity index (χ4n) is 2.27. The minimum Gasteiger partial charge on any atom is -0.497 e. The van der Waals surface area contributed by atoms with Crippen molar-refractivity contribution in [2.24, 2.45) is 5.84 Å². The second kappa shape index (κ2) is 6.00. The number of hydrogen-bond acceptors (Lipinski definition) is 4. The smallest absolute Gasteiger partial charge is 0.119 e. The maximum atomic E-state index is 5.66. The maximum absolute atomic E-state index is 5.66. The number of nitrogens with one attached hydrogen (secondary N) is 1. The SMILES string of the molecule is COc1cccc(CC(NN)C2CCCO2)c1. The van der Waals surface area contributed by atoms with E-state index in [9.17, 15) is 0 Å². The summed E-state index contributed by atoms with van der Waals surface area (Å²) in [5, 5.41) is 0. The topological polar surface area (TPSA) is 56.5 Å². The highest BCUT2D eigenvalue weighted by molar-refractivity contribution is 5.29. The lowest BCUT2D eigenvalue weighted by Crippen LogP contribution is -2.45. The monoisotopic (exact) mass is 236 g/mol. The van der Waals surface area contributed by atoms with Crippen molar-refractivity contribution in [1.82, 2.24) is 5.43 Å². The summed E-state index contributed by atoms with van der Waals surface area (Å²) >= 11 is 0. The van der Waals surface area contributed by atoms with Gasteiger partial charge in [-0.05, 0) is 37.0 Å². The zero-order valence-corrected chi connectivity index (χ0v) is 10.2. The average Bonchev–Trinajstić information content (AvgIpc) is 2.90. The first kappa shape index (κ1) is 12.4. The molecule has 94 valence electrons. The molecule has 4 heteroatoms. The van der Waals surface area contributed by atoms with Crippen LogP contribution in [0.4, 0.5) is 0 Å². The van der Waals surface area contributed by atoms with Crippen LogP contribution >= 0.6 is 0 Å².